The number of nitrogens with zero attached hydrogens (tertiary/aromatic N) is 1. The van der Waals surface area contributed by atoms with Gasteiger partial charge in [-0.25, -0.2) is 0 Å². The first kappa shape index (κ1) is 14.0. The molecule has 1 aromatic rings. The summed E-state index contributed by atoms with van der Waals surface area (Å²) < 4.78 is 5.15. The molecule has 0 amide bonds. The van der Waals surface area contributed by atoms with Gasteiger partial charge in [0.25, 0.3) is 0 Å². The Hall–Kier alpha value is -1.10. The highest BCUT2D eigenvalue weighted by Crippen LogP contribution is 2.11. The molecule has 1 aromatic carbocycles. The molecule has 0 saturated heterocycles. The van der Waals surface area contributed by atoms with Gasteiger partial charge < -0.3 is 20.1 Å². The van der Waals surface area contributed by atoms with Gasteiger partial charge in [-0.2, -0.15) is 0 Å². The first-order chi connectivity index (χ1) is 8.24. The van der Waals surface area contributed by atoms with Crippen molar-refractivity contribution in [1.29, 1.82) is 0 Å². The minimum atomic E-state index is 0.0893. The summed E-state index contributed by atoms with van der Waals surface area (Å²) in [4.78, 5) is 2.08. The summed E-state index contributed by atoms with van der Waals surface area (Å²) in [5.41, 5.74) is 2.47. The molecule has 1 rings (SSSR count). The molecule has 0 heterocycles. The number of rotatable bonds is 8. The fourth-order valence-corrected chi connectivity index (χ4v) is 1.46. The van der Waals surface area contributed by atoms with Crippen LogP contribution in [0.5, 0.6) is 0 Å². The lowest BCUT2D eigenvalue weighted by Crippen LogP contribution is -2.20. The lowest BCUT2D eigenvalue weighted by Gasteiger charge is -2.12. The zero-order valence-electron chi connectivity index (χ0n) is 10.6. The molecular weight excluding hydrogens is 216 g/mol. The number of benzene rings is 1. The molecule has 0 atom stereocenters. The Morgan fingerprint density at radius 3 is 2.47 bits per heavy atom. The third kappa shape index (κ3) is 5.68. The van der Waals surface area contributed by atoms with Crippen LogP contribution in [0.25, 0.3) is 0 Å². The van der Waals surface area contributed by atoms with E-state index in [1.165, 1.54) is 11.3 Å². The van der Waals surface area contributed by atoms with E-state index in [1.807, 2.05) is 14.1 Å². The number of hydrogen-bond acceptors (Lipinski definition) is 4. The fraction of sp³-hybridized carbons (Fsp3) is 0.538. The molecule has 17 heavy (non-hydrogen) atoms. The number of anilines is 1. The molecule has 0 bridgehead atoms. The molecule has 0 fully saturated rings. The van der Waals surface area contributed by atoms with Crippen molar-refractivity contribution < 1.29 is 9.84 Å². The molecule has 0 radical (unpaired) electrons. The van der Waals surface area contributed by atoms with Gasteiger partial charge in [0, 0.05) is 32.9 Å². The number of aliphatic hydroxyl groups is 1. The van der Waals surface area contributed by atoms with E-state index in [4.69, 9.17) is 9.84 Å². The quantitative estimate of drug-likeness (QED) is 0.659. The fourth-order valence-electron chi connectivity index (χ4n) is 1.46. The second-order valence-corrected chi connectivity index (χ2v) is 4.07. The second-order valence-electron chi connectivity index (χ2n) is 4.07. The van der Waals surface area contributed by atoms with Gasteiger partial charge in [-0.05, 0) is 17.7 Å². The van der Waals surface area contributed by atoms with Gasteiger partial charge in [0.2, 0.25) is 0 Å². The molecule has 0 aliphatic rings. The Kier molecular flexibility index (Phi) is 6.62. The highest BCUT2D eigenvalue weighted by atomic mass is 16.5. The average molecular weight is 238 g/mol. The van der Waals surface area contributed by atoms with Crippen LogP contribution in [-0.4, -0.2) is 45.6 Å². The zero-order valence-corrected chi connectivity index (χ0v) is 10.6. The zero-order chi connectivity index (χ0) is 12.5. The summed E-state index contributed by atoms with van der Waals surface area (Å²) in [7, 11) is 4.07. The molecule has 2 N–H and O–H groups in total. The Morgan fingerprint density at radius 2 is 1.88 bits per heavy atom. The molecule has 0 aromatic heterocycles. The maximum Gasteiger partial charge on any atom is 0.0698 e. The Labute approximate surface area is 103 Å². The monoisotopic (exact) mass is 238 g/mol. The summed E-state index contributed by atoms with van der Waals surface area (Å²) in [6.07, 6.45) is 0. The van der Waals surface area contributed by atoms with E-state index < -0.39 is 0 Å². The molecular formula is C13H22N2O2. The lowest BCUT2D eigenvalue weighted by atomic mass is 10.2. The third-order valence-corrected chi connectivity index (χ3v) is 2.44. The van der Waals surface area contributed by atoms with E-state index in [9.17, 15) is 0 Å². The van der Waals surface area contributed by atoms with Crippen LogP contribution in [0.1, 0.15) is 5.56 Å². The Morgan fingerprint density at radius 1 is 1.18 bits per heavy atom. The van der Waals surface area contributed by atoms with E-state index in [1.54, 1.807) is 0 Å². The molecule has 4 nitrogen and oxygen atoms in total. The maximum absolute atomic E-state index is 8.52. The number of hydrogen-bond donors (Lipinski definition) is 2. The maximum atomic E-state index is 8.52. The van der Waals surface area contributed by atoms with Gasteiger partial charge in [-0.3, -0.25) is 0 Å². The van der Waals surface area contributed by atoms with Crippen molar-refractivity contribution in [3.63, 3.8) is 0 Å². The minimum Gasteiger partial charge on any atom is -0.394 e. The van der Waals surface area contributed by atoms with Gasteiger partial charge in [0.1, 0.15) is 0 Å². The van der Waals surface area contributed by atoms with Crippen LogP contribution >= 0.6 is 0 Å². The largest absolute Gasteiger partial charge is 0.394 e. The molecule has 0 saturated carbocycles. The van der Waals surface area contributed by atoms with Crippen LogP contribution in [0.4, 0.5) is 5.69 Å². The van der Waals surface area contributed by atoms with Gasteiger partial charge in [-0.1, -0.05) is 12.1 Å². The minimum absolute atomic E-state index is 0.0893. The summed E-state index contributed by atoms with van der Waals surface area (Å²) in [6, 6.07) is 8.46. The van der Waals surface area contributed by atoms with Crippen LogP contribution in [0.2, 0.25) is 0 Å². The van der Waals surface area contributed by atoms with Crippen molar-refractivity contribution in [2.24, 2.45) is 0 Å². The molecule has 0 unspecified atom stereocenters. The first-order valence-electron chi connectivity index (χ1n) is 5.89. The molecule has 0 aliphatic heterocycles. The second kappa shape index (κ2) is 8.06. The SMILES string of the molecule is CN(C)c1ccc(CNCCOCCO)cc1. The summed E-state index contributed by atoms with van der Waals surface area (Å²) in [5, 5.41) is 11.8. The topological polar surface area (TPSA) is 44.7 Å². The van der Waals surface area contributed by atoms with Crippen molar-refractivity contribution >= 4 is 5.69 Å². The highest BCUT2D eigenvalue weighted by molar-refractivity contribution is 5.45. The number of ether oxygens (including phenoxy) is 1. The van der Waals surface area contributed by atoms with Crippen LogP contribution in [0.15, 0.2) is 24.3 Å². The molecule has 0 spiro atoms. The molecule has 96 valence electrons. The van der Waals surface area contributed by atoms with Crippen molar-refractivity contribution in [3.05, 3.63) is 29.8 Å². The van der Waals surface area contributed by atoms with E-state index >= 15 is 0 Å². The molecule has 4 heteroatoms. The van der Waals surface area contributed by atoms with Gasteiger partial charge in [0.15, 0.2) is 0 Å². The van der Waals surface area contributed by atoms with E-state index in [-0.39, 0.29) is 6.61 Å². The van der Waals surface area contributed by atoms with Crippen LogP contribution in [0, 0.1) is 0 Å². The standard InChI is InChI=1S/C13H22N2O2/c1-15(2)13-5-3-12(4-6-13)11-14-7-9-17-10-8-16/h3-6,14,16H,7-11H2,1-2H3. The molecule has 0 aliphatic carbocycles. The summed E-state index contributed by atoms with van der Waals surface area (Å²) in [5.74, 6) is 0. The first-order valence-corrected chi connectivity index (χ1v) is 5.89. The van der Waals surface area contributed by atoms with Gasteiger partial charge in [0.05, 0.1) is 19.8 Å². The van der Waals surface area contributed by atoms with E-state index in [2.05, 4.69) is 34.5 Å². The predicted octanol–water partition coefficient (Wildman–Crippen LogP) is 0.851. The van der Waals surface area contributed by atoms with Crippen molar-refractivity contribution in [2.75, 3.05) is 45.4 Å². The van der Waals surface area contributed by atoms with Gasteiger partial charge >= 0.3 is 0 Å². The van der Waals surface area contributed by atoms with Crippen molar-refractivity contribution in [2.45, 2.75) is 6.54 Å². The number of aliphatic hydroxyl groups excluding tert-OH is 1. The van der Waals surface area contributed by atoms with Crippen LogP contribution in [0.3, 0.4) is 0 Å². The van der Waals surface area contributed by atoms with Crippen LogP contribution in [-0.2, 0) is 11.3 Å². The Balaban J connectivity index is 2.19. The van der Waals surface area contributed by atoms with E-state index in [0.717, 1.165) is 13.1 Å². The predicted molar refractivity (Wildman–Crippen MR) is 70.4 cm³/mol. The average Bonchev–Trinajstić information content (AvgIpc) is 2.34. The normalized spacial score (nSPS) is 10.5. The van der Waals surface area contributed by atoms with Gasteiger partial charge in [-0.15, -0.1) is 0 Å². The third-order valence-electron chi connectivity index (χ3n) is 2.44. The van der Waals surface area contributed by atoms with E-state index in [0.29, 0.717) is 13.2 Å². The highest BCUT2D eigenvalue weighted by Gasteiger charge is 1.96. The number of nitrogens with one attached hydrogen (secondary N) is 1. The van der Waals surface area contributed by atoms with Crippen molar-refractivity contribution in [1.82, 2.24) is 5.32 Å². The Bertz CT molecular complexity index is 299. The lowest BCUT2D eigenvalue weighted by molar-refractivity contribution is 0.0938. The van der Waals surface area contributed by atoms with Crippen LogP contribution < -0.4 is 10.2 Å². The summed E-state index contributed by atoms with van der Waals surface area (Å²) in [6.45, 7) is 2.78. The smallest absolute Gasteiger partial charge is 0.0698 e. The summed E-state index contributed by atoms with van der Waals surface area (Å²) >= 11 is 0. The van der Waals surface area contributed by atoms with Crippen molar-refractivity contribution in [3.8, 4) is 0 Å².